The van der Waals surface area contributed by atoms with Crippen LogP contribution in [0.3, 0.4) is 0 Å². The van der Waals surface area contributed by atoms with Crippen molar-refractivity contribution in [2.24, 2.45) is 5.41 Å². The molecule has 0 radical (unpaired) electrons. The number of aryl methyl sites for hydroxylation is 1. The van der Waals surface area contributed by atoms with Crippen molar-refractivity contribution in [3.05, 3.63) is 29.6 Å². The van der Waals surface area contributed by atoms with Crippen LogP contribution in [0.1, 0.15) is 49.8 Å². The molecule has 1 saturated carbocycles. The van der Waals surface area contributed by atoms with E-state index in [0.717, 1.165) is 36.9 Å². The molecule has 5 nitrogen and oxygen atoms in total. The molecule has 0 aliphatic heterocycles. The van der Waals surface area contributed by atoms with Gasteiger partial charge in [-0.2, -0.15) is 0 Å². The lowest BCUT2D eigenvalue weighted by Crippen LogP contribution is -2.32. The van der Waals surface area contributed by atoms with E-state index in [4.69, 9.17) is 5.11 Å². The van der Waals surface area contributed by atoms with Crippen LogP contribution in [0, 0.1) is 12.3 Å². The van der Waals surface area contributed by atoms with Gasteiger partial charge in [0.05, 0.1) is 18.7 Å². The maximum Gasteiger partial charge on any atom is 0.303 e. The fraction of sp³-hybridized carbons (Fsp3) is 0.562. The molecule has 114 valence electrons. The molecule has 1 fully saturated rings. The molecular formula is C16H22N2O3. The Morgan fingerprint density at radius 1 is 1.33 bits per heavy atom. The minimum absolute atomic E-state index is 0.0804. The number of carbonyl (C=O) groups excluding carboxylic acids is 1. The zero-order valence-electron chi connectivity index (χ0n) is 12.4. The number of aliphatic carboxylic acids is 1. The summed E-state index contributed by atoms with van der Waals surface area (Å²) >= 11 is 0. The topological polar surface area (TPSA) is 79.3 Å². The Bertz CT molecular complexity index is 522. The summed E-state index contributed by atoms with van der Waals surface area (Å²) in [7, 11) is 0. The number of aromatic nitrogens is 1. The third-order valence-corrected chi connectivity index (χ3v) is 4.30. The van der Waals surface area contributed by atoms with Crippen LogP contribution in [0.15, 0.2) is 18.3 Å². The Morgan fingerprint density at radius 2 is 2.05 bits per heavy atom. The molecule has 0 aromatic carbocycles. The maximum absolute atomic E-state index is 12.1. The quantitative estimate of drug-likeness (QED) is 0.843. The number of rotatable bonds is 6. The number of amides is 1. The van der Waals surface area contributed by atoms with E-state index in [0.29, 0.717) is 13.0 Å². The predicted octanol–water partition coefficient (Wildman–Crippen LogP) is 2.43. The molecule has 1 aliphatic carbocycles. The Labute approximate surface area is 124 Å². The number of hydrogen-bond acceptors (Lipinski definition) is 3. The fourth-order valence-electron chi connectivity index (χ4n) is 3.15. The summed E-state index contributed by atoms with van der Waals surface area (Å²) in [4.78, 5) is 27.4. The molecule has 0 spiro atoms. The minimum Gasteiger partial charge on any atom is -0.481 e. The molecule has 2 N–H and O–H groups in total. The molecule has 2 rings (SSSR count). The zero-order chi connectivity index (χ0) is 15.3. The molecule has 1 aromatic heterocycles. The predicted molar refractivity (Wildman–Crippen MR) is 78.6 cm³/mol. The lowest BCUT2D eigenvalue weighted by atomic mass is 9.79. The zero-order valence-corrected chi connectivity index (χ0v) is 12.4. The Hall–Kier alpha value is -1.91. The second kappa shape index (κ2) is 6.70. The van der Waals surface area contributed by atoms with E-state index < -0.39 is 5.97 Å². The lowest BCUT2D eigenvalue weighted by Gasteiger charge is -2.26. The summed E-state index contributed by atoms with van der Waals surface area (Å²) in [5.41, 5.74) is 1.54. The van der Waals surface area contributed by atoms with Crippen LogP contribution in [0.2, 0.25) is 0 Å². The first kappa shape index (κ1) is 15.5. The Kier molecular flexibility index (Phi) is 4.94. The van der Waals surface area contributed by atoms with E-state index in [1.807, 2.05) is 19.1 Å². The average Bonchev–Trinajstić information content (AvgIpc) is 2.85. The van der Waals surface area contributed by atoms with Gasteiger partial charge < -0.3 is 10.4 Å². The van der Waals surface area contributed by atoms with E-state index in [2.05, 4.69) is 10.3 Å². The van der Waals surface area contributed by atoms with Crippen molar-refractivity contribution >= 4 is 11.9 Å². The van der Waals surface area contributed by atoms with Gasteiger partial charge in [0.25, 0.3) is 0 Å². The van der Waals surface area contributed by atoms with Crippen molar-refractivity contribution in [1.29, 1.82) is 0 Å². The molecule has 0 unspecified atom stereocenters. The van der Waals surface area contributed by atoms with Gasteiger partial charge in [-0.15, -0.1) is 0 Å². The van der Waals surface area contributed by atoms with Crippen molar-refractivity contribution in [1.82, 2.24) is 10.3 Å². The van der Waals surface area contributed by atoms with Gasteiger partial charge in [0.15, 0.2) is 0 Å². The second-order valence-electron chi connectivity index (χ2n) is 6.00. The highest BCUT2D eigenvalue weighted by atomic mass is 16.4. The molecular weight excluding hydrogens is 268 g/mol. The van der Waals surface area contributed by atoms with Gasteiger partial charge in [-0.1, -0.05) is 18.9 Å². The third kappa shape index (κ3) is 4.28. The SMILES string of the molecule is Cc1cccnc1CNC(=O)CC1(CC(=O)O)CCCC1. The second-order valence-corrected chi connectivity index (χ2v) is 6.00. The number of nitrogens with zero attached hydrogens (tertiary/aromatic N) is 1. The monoisotopic (exact) mass is 290 g/mol. The van der Waals surface area contributed by atoms with Crippen molar-refractivity contribution in [3.8, 4) is 0 Å². The van der Waals surface area contributed by atoms with E-state index >= 15 is 0 Å². The summed E-state index contributed by atoms with van der Waals surface area (Å²) in [6.07, 6.45) is 5.77. The van der Waals surface area contributed by atoms with Crippen LogP contribution in [0.4, 0.5) is 0 Å². The highest BCUT2D eigenvalue weighted by Crippen LogP contribution is 2.43. The molecule has 1 amide bonds. The lowest BCUT2D eigenvalue weighted by molar-refractivity contribution is -0.140. The van der Waals surface area contributed by atoms with E-state index in [1.165, 1.54) is 0 Å². The maximum atomic E-state index is 12.1. The molecule has 21 heavy (non-hydrogen) atoms. The van der Waals surface area contributed by atoms with Crippen LogP contribution in [-0.4, -0.2) is 22.0 Å². The number of hydrogen-bond donors (Lipinski definition) is 2. The third-order valence-electron chi connectivity index (χ3n) is 4.30. The summed E-state index contributed by atoms with van der Waals surface area (Å²) < 4.78 is 0. The molecule has 1 heterocycles. The number of carbonyl (C=O) groups is 2. The van der Waals surface area contributed by atoms with Crippen LogP contribution in [-0.2, 0) is 16.1 Å². The van der Waals surface area contributed by atoms with Gasteiger partial charge >= 0.3 is 5.97 Å². The summed E-state index contributed by atoms with van der Waals surface area (Å²) in [6.45, 7) is 2.35. The van der Waals surface area contributed by atoms with Crippen molar-refractivity contribution in [2.75, 3.05) is 0 Å². The van der Waals surface area contributed by atoms with Gasteiger partial charge in [0.2, 0.25) is 5.91 Å². The first-order chi connectivity index (χ1) is 10.0. The Morgan fingerprint density at radius 3 is 2.67 bits per heavy atom. The molecule has 0 saturated heterocycles. The first-order valence-electron chi connectivity index (χ1n) is 7.40. The number of nitrogens with one attached hydrogen (secondary N) is 1. The highest BCUT2D eigenvalue weighted by Gasteiger charge is 2.37. The van der Waals surface area contributed by atoms with E-state index in [-0.39, 0.29) is 17.7 Å². The summed E-state index contributed by atoms with van der Waals surface area (Å²) in [6, 6.07) is 3.82. The molecule has 1 aliphatic rings. The fourth-order valence-corrected chi connectivity index (χ4v) is 3.15. The van der Waals surface area contributed by atoms with Crippen LogP contribution >= 0.6 is 0 Å². The van der Waals surface area contributed by atoms with Gasteiger partial charge in [-0.05, 0) is 36.8 Å². The van der Waals surface area contributed by atoms with Gasteiger partial charge in [0.1, 0.15) is 0 Å². The molecule has 5 heteroatoms. The van der Waals surface area contributed by atoms with E-state index in [1.54, 1.807) is 6.20 Å². The van der Waals surface area contributed by atoms with Crippen LogP contribution in [0.25, 0.3) is 0 Å². The van der Waals surface area contributed by atoms with Gasteiger partial charge in [0, 0.05) is 12.6 Å². The van der Waals surface area contributed by atoms with Gasteiger partial charge in [-0.3, -0.25) is 14.6 Å². The van der Waals surface area contributed by atoms with Crippen molar-refractivity contribution in [3.63, 3.8) is 0 Å². The highest BCUT2D eigenvalue weighted by molar-refractivity contribution is 5.78. The van der Waals surface area contributed by atoms with Crippen LogP contribution < -0.4 is 5.32 Å². The molecule has 1 aromatic rings. The normalized spacial score (nSPS) is 16.6. The van der Waals surface area contributed by atoms with Crippen LogP contribution in [0.5, 0.6) is 0 Å². The molecule has 0 bridgehead atoms. The number of pyridine rings is 1. The van der Waals surface area contributed by atoms with Crippen molar-refractivity contribution in [2.45, 2.75) is 52.0 Å². The average molecular weight is 290 g/mol. The first-order valence-corrected chi connectivity index (χ1v) is 7.40. The largest absolute Gasteiger partial charge is 0.481 e. The van der Waals surface area contributed by atoms with Crippen molar-refractivity contribution < 1.29 is 14.7 Å². The minimum atomic E-state index is -0.815. The molecule has 0 atom stereocenters. The smallest absolute Gasteiger partial charge is 0.303 e. The summed E-state index contributed by atoms with van der Waals surface area (Å²) in [5, 5.41) is 11.9. The Balaban J connectivity index is 1.91. The van der Waals surface area contributed by atoms with Gasteiger partial charge in [-0.25, -0.2) is 0 Å². The van der Waals surface area contributed by atoms with E-state index in [9.17, 15) is 9.59 Å². The standard InChI is InChI=1S/C16H22N2O3/c1-12-5-4-8-17-13(12)11-18-14(19)9-16(10-15(20)21)6-2-3-7-16/h4-5,8H,2-3,6-7,9-11H2,1H3,(H,18,19)(H,20,21). The summed E-state index contributed by atoms with van der Waals surface area (Å²) in [5.74, 6) is -0.895. The number of carboxylic acids is 1. The number of carboxylic acid groups (broad SMARTS) is 1.